The van der Waals surface area contributed by atoms with E-state index in [1.54, 1.807) is 0 Å². The summed E-state index contributed by atoms with van der Waals surface area (Å²) in [5.74, 6) is 4.08. The second kappa shape index (κ2) is 5.72. The third-order valence-corrected chi connectivity index (χ3v) is 4.31. The van der Waals surface area contributed by atoms with Crippen LogP contribution < -0.4 is 10.2 Å². The summed E-state index contributed by atoms with van der Waals surface area (Å²) in [5.41, 5.74) is 1.05. The molecule has 2 aromatic rings. The van der Waals surface area contributed by atoms with Crippen LogP contribution in [-0.2, 0) is 0 Å². The van der Waals surface area contributed by atoms with Crippen LogP contribution in [0.15, 0.2) is 36.4 Å². The normalized spacial score (nSPS) is 21.6. The smallest absolute Gasteiger partial charge is 0.163 e. The number of nitrogens with zero attached hydrogens (tertiary/aromatic N) is 3. The maximum atomic E-state index is 4.78. The van der Waals surface area contributed by atoms with E-state index in [0.717, 1.165) is 36.1 Å². The van der Waals surface area contributed by atoms with Gasteiger partial charge in [0.05, 0.1) is 0 Å². The lowest BCUT2D eigenvalue weighted by atomic mass is 10.0. The molecule has 1 aromatic heterocycles. The molecule has 4 nitrogen and oxygen atoms in total. The van der Waals surface area contributed by atoms with E-state index in [1.807, 2.05) is 43.4 Å². The first-order valence-electron chi connectivity index (χ1n) is 7.54. The fraction of sp³-hybridized carbons (Fsp3) is 0.412. The Morgan fingerprint density at radius 1 is 1.05 bits per heavy atom. The highest BCUT2D eigenvalue weighted by Crippen LogP contribution is 2.29. The highest BCUT2D eigenvalue weighted by Gasteiger charge is 2.27. The third-order valence-electron chi connectivity index (χ3n) is 4.31. The maximum absolute atomic E-state index is 4.78. The number of hydrogen-bond donors (Lipinski definition) is 1. The summed E-state index contributed by atoms with van der Waals surface area (Å²) in [6.45, 7) is 6.75. The Kier molecular flexibility index (Phi) is 3.78. The number of rotatable bonds is 3. The van der Waals surface area contributed by atoms with E-state index in [1.165, 1.54) is 0 Å². The number of aromatic nitrogens is 2. The molecule has 2 unspecified atom stereocenters. The van der Waals surface area contributed by atoms with Gasteiger partial charge in [0.25, 0.3) is 0 Å². The molecule has 1 aromatic carbocycles. The lowest BCUT2D eigenvalue weighted by molar-refractivity contribution is 0.494. The van der Waals surface area contributed by atoms with Gasteiger partial charge in [-0.1, -0.05) is 44.2 Å². The number of benzene rings is 1. The van der Waals surface area contributed by atoms with Crippen LogP contribution in [0.4, 0.5) is 11.6 Å². The minimum absolute atomic E-state index is 0.707. The van der Waals surface area contributed by atoms with E-state index in [9.17, 15) is 0 Å². The first-order chi connectivity index (χ1) is 10.2. The molecular formula is C17H22N4. The van der Waals surface area contributed by atoms with Crippen molar-refractivity contribution in [3.63, 3.8) is 0 Å². The van der Waals surface area contributed by atoms with Crippen LogP contribution in [0.1, 0.15) is 13.8 Å². The SMILES string of the molecule is CNc1cc(N2CC(C)C(C)C2)nc(-c2ccccc2)n1. The molecule has 1 N–H and O–H groups in total. The van der Waals surface area contributed by atoms with Crippen LogP contribution in [0.3, 0.4) is 0 Å². The van der Waals surface area contributed by atoms with Crippen LogP contribution in [0.5, 0.6) is 0 Å². The molecule has 2 heterocycles. The van der Waals surface area contributed by atoms with Crippen LogP contribution >= 0.6 is 0 Å². The van der Waals surface area contributed by atoms with E-state index in [-0.39, 0.29) is 0 Å². The zero-order chi connectivity index (χ0) is 14.8. The first-order valence-corrected chi connectivity index (χ1v) is 7.54. The van der Waals surface area contributed by atoms with E-state index >= 15 is 0 Å². The summed E-state index contributed by atoms with van der Waals surface area (Å²) in [4.78, 5) is 11.7. The topological polar surface area (TPSA) is 41.0 Å². The highest BCUT2D eigenvalue weighted by molar-refractivity contribution is 5.61. The van der Waals surface area contributed by atoms with E-state index in [4.69, 9.17) is 4.98 Å². The van der Waals surface area contributed by atoms with Gasteiger partial charge in [-0.2, -0.15) is 0 Å². The van der Waals surface area contributed by atoms with E-state index < -0.39 is 0 Å². The largest absolute Gasteiger partial charge is 0.373 e. The molecule has 0 bridgehead atoms. The second-order valence-corrected chi connectivity index (χ2v) is 5.91. The average molecular weight is 282 g/mol. The van der Waals surface area contributed by atoms with Crippen LogP contribution in [-0.4, -0.2) is 30.1 Å². The quantitative estimate of drug-likeness (QED) is 0.938. The van der Waals surface area contributed by atoms with Crippen molar-refractivity contribution in [2.75, 3.05) is 30.4 Å². The van der Waals surface area contributed by atoms with Gasteiger partial charge in [0.1, 0.15) is 11.6 Å². The minimum atomic E-state index is 0.707. The maximum Gasteiger partial charge on any atom is 0.163 e. The van der Waals surface area contributed by atoms with Crippen molar-refractivity contribution in [1.82, 2.24) is 9.97 Å². The van der Waals surface area contributed by atoms with Gasteiger partial charge in [-0.25, -0.2) is 9.97 Å². The predicted octanol–water partition coefficient (Wildman–Crippen LogP) is 3.28. The summed E-state index contributed by atoms with van der Waals surface area (Å²) < 4.78 is 0. The number of hydrogen-bond acceptors (Lipinski definition) is 4. The highest BCUT2D eigenvalue weighted by atomic mass is 15.2. The Hall–Kier alpha value is -2.10. The Morgan fingerprint density at radius 2 is 1.71 bits per heavy atom. The zero-order valence-corrected chi connectivity index (χ0v) is 12.9. The molecule has 3 rings (SSSR count). The van der Waals surface area contributed by atoms with Crippen molar-refractivity contribution < 1.29 is 0 Å². The molecule has 1 fully saturated rings. The monoisotopic (exact) mass is 282 g/mol. The number of nitrogens with one attached hydrogen (secondary N) is 1. The molecule has 0 spiro atoms. The van der Waals surface area contributed by atoms with Crippen LogP contribution in [0, 0.1) is 11.8 Å². The summed E-state index contributed by atoms with van der Waals surface area (Å²) in [6, 6.07) is 12.2. The van der Waals surface area contributed by atoms with Gasteiger partial charge in [0.15, 0.2) is 5.82 Å². The van der Waals surface area contributed by atoms with Crippen molar-refractivity contribution in [2.24, 2.45) is 11.8 Å². The summed E-state index contributed by atoms with van der Waals surface area (Å²) in [7, 11) is 1.90. The summed E-state index contributed by atoms with van der Waals surface area (Å²) in [5, 5.41) is 3.15. The molecule has 0 aliphatic carbocycles. The standard InChI is InChI=1S/C17H22N4/c1-12-10-21(11-13(12)2)16-9-15(18-3)19-17(20-16)14-7-5-4-6-8-14/h4-9,12-13H,10-11H2,1-3H3,(H,18,19,20). The van der Waals surface area contributed by atoms with Gasteiger partial charge in [0.2, 0.25) is 0 Å². The lowest BCUT2D eigenvalue weighted by Crippen LogP contribution is -2.21. The Bertz CT molecular complexity index is 601. The van der Waals surface area contributed by atoms with Gasteiger partial charge in [-0.15, -0.1) is 0 Å². The molecule has 0 saturated carbocycles. The minimum Gasteiger partial charge on any atom is -0.373 e. The Balaban J connectivity index is 1.98. The Morgan fingerprint density at radius 3 is 2.33 bits per heavy atom. The molecule has 0 amide bonds. The van der Waals surface area contributed by atoms with E-state index in [2.05, 4.69) is 29.0 Å². The van der Waals surface area contributed by atoms with E-state index in [0.29, 0.717) is 11.8 Å². The molecule has 110 valence electrons. The molecular weight excluding hydrogens is 260 g/mol. The van der Waals surface area contributed by atoms with Crippen LogP contribution in [0.2, 0.25) is 0 Å². The molecule has 1 saturated heterocycles. The molecule has 21 heavy (non-hydrogen) atoms. The second-order valence-electron chi connectivity index (χ2n) is 5.91. The predicted molar refractivity (Wildman–Crippen MR) is 87.6 cm³/mol. The zero-order valence-electron chi connectivity index (χ0n) is 12.9. The van der Waals surface area contributed by atoms with Gasteiger partial charge in [0, 0.05) is 31.8 Å². The van der Waals surface area contributed by atoms with Crippen molar-refractivity contribution in [3.05, 3.63) is 36.4 Å². The van der Waals surface area contributed by atoms with Crippen molar-refractivity contribution in [2.45, 2.75) is 13.8 Å². The molecule has 2 atom stereocenters. The first kappa shape index (κ1) is 13.9. The van der Waals surface area contributed by atoms with Gasteiger partial charge in [-0.05, 0) is 11.8 Å². The average Bonchev–Trinajstić information content (AvgIpc) is 2.87. The van der Waals surface area contributed by atoms with Gasteiger partial charge < -0.3 is 10.2 Å². The lowest BCUT2D eigenvalue weighted by Gasteiger charge is -2.18. The molecule has 4 heteroatoms. The number of anilines is 2. The molecule has 1 aliphatic heterocycles. The van der Waals surface area contributed by atoms with Gasteiger partial charge >= 0.3 is 0 Å². The molecule has 1 aliphatic rings. The van der Waals surface area contributed by atoms with Crippen molar-refractivity contribution in [1.29, 1.82) is 0 Å². The summed E-state index contributed by atoms with van der Waals surface area (Å²) in [6.07, 6.45) is 0. The third kappa shape index (κ3) is 2.84. The van der Waals surface area contributed by atoms with Crippen LogP contribution in [0.25, 0.3) is 11.4 Å². The fourth-order valence-corrected chi connectivity index (χ4v) is 2.76. The molecule has 0 radical (unpaired) electrons. The Labute approximate surface area is 126 Å². The van der Waals surface area contributed by atoms with Gasteiger partial charge in [-0.3, -0.25) is 0 Å². The van der Waals surface area contributed by atoms with Crippen molar-refractivity contribution in [3.8, 4) is 11.4 Å². The fourth-order valence-electron chi connectivity index (χ4n) is 2.76. The summed E-state index contributed by atoms with van der Waals surface area (Å²) >= 11 is 0. The van der Waals surface area contributed by atoms with Crippen molar-refractivity contribution >= 4 is 11.6 Å².